The molecule has 1 saturated carbocycles. The predicted octanol–water partition coefficient (Wildman–Crippen LogP) is 0.855. The molecule has 0 aromatic carbocycles. The lowest BCUT2D eigenvalue weighted by Gasteiger charge is -2.27. The molecular weight excluding hydrogens is 256 g/mol. The summed E-state index contributed by atoms with van der Waals surface area (Å²) in [7, 11) is -3.69. The molecule has 0 aliphatic heterocycles. The normalized spacial score (nSPS) is 19.7. The van der Waals surface area contributed by atoms with Gasteiger partial charge in [-0.05, 0) is 12.8 Å². The molecule has 0 aromatic rings. The highest BCUT2D eigenvalue weighted by molar-refractivity contribution is 7.89. The van der Waals surface area contributed by atoms with E-state index in [-0.39, 0.29) is 6.54 Å². The van der Waals surface area contributed by atoms with Crippen molar-refractivity contribution in [3.8, 4) is 6.07 Å². The molecule has 6 nitrogen and oxygen atoms in total. The first-order chi connectivity index (χ1) is 8.42. The van der Waals surface area contributed by atoms with Crippen molar-refractivity contribution in [2.75, 3.05) is 12.3 Å². The van der Waals surface area contributed by atoms with Crippen LogP contribution in [0.25, 0.3) is 0 Å². The predicted molar refractivity (Wildman–Crippen MR) is 65.2 cm³/mol. The van der Waals surface area contributed by atoms with E-state index in [0.29, 0.717) is 12.8 Å². The van der Waals surface area contributed by atoms with Gasteiger partial charge in [0.2, 0.25) is 10.0 Å². The van der Waals surface area contributed by atoms with Gasteiger partial charge in [-0.25, -0.2) is 13.1 Å². The Labute approximate surface area is 107 Å². The lowest BCUT2D eigenvalue weighted by atomic mass is 9.80. The first kappa shape index (κ1) is 14.9. The number of nitrogens with zero attached hydrogens (tertiary/aromatic N) is 1. The molecule has 1 aliphatic rings. The van der Waals surface area contributed by atoms with Gasteiger partial charge < -0.3 is 5.11 Å². The highest BCUT2D eigenvalue weighted by Crippen LogP contribution is 2.34. The van der Waals surface area contributed by atoms with E-state index < -0.39 is 27.2 Å². The van der Waals surface area contributed by atoms with E-state index in [1.165, 1.54) is 0 Å². The highest BCUT2D eigenvalue weighted by Gasteiger charge is 2.39. The summed E-state index contributed by atoms with van der Waals surface area (Å²) in [4.78, 5) is 11.4. The zero-order valence-corrected chi connectivity index (χ0v) is 11.0. The fourth-order valence-electron chi connectivity index (χ4n) is 2.26. The Bertz CT molecular complexity index is 430. The molecule has 0 unspecified atom stereocenters. The first-order valence-electron chi connectivity index (χ1n) is 6.00. The smallest absolute Gasteiger partial charge is 0.310 e. The number of sulfonamides is 1. The molecule has 0 atom stereocenters. The summed E-state index contributed by atoms with van der Waals surface area (Å²) in [5.74, 6) is -1.59. The second-order valence-corrected chi connectivity index (χ2v) is 6.54. The zero-order valence-electron chi connectivity index (χ0n) is 10.2. The van der Waals surface area contributed by atoms with Gasteiger partial charge in [0.05, 0.1) is 11.5 Å². The second kappa shape index (κ2) is 6.16. The third-order valence-corrected chi connectivity index (χ3v) is 4.49. The number of rotatable bonds is 5. The van der Waals surface area contributed by atoms with Gasteiger partial charge in [0.15, 0.2) is 5.75 Å². The maximum absolute atomic E-state index is 11.4. The topological polar surface area (TPSA) is 107 Å². The van der Waals surface area contributed by atoms with E-state index in [0.717, 1.165) is 25.7 Å². The summed E-state index contributed by atoms with van der Waals surface area (Å²) in [6, 6.07) is 1.55. The fraction of sp³-hybridized carbons (Fsp3) is 0.818. The summed E-state index contributed by atoms with van der Waals surface area (Å²) >= 11 is 0. The number of carbonyl (C=O) groups is 1. The minimum atomic E-state index is -3.69. The van der Waals surface area contributed by atoms with Crippen molar-refractivity contribution < 1.29 is 18.3 Å². The number of nitriles is 1. The van der Waals surface area contributed by atoms with Crippen LogP contribution in [0.2, 0.25) is 0 Å². The number of nitrogens with one attached hydrogen (secondary N) is 1. The summed E-state index contributed by atoms with van der Waals surface area (Å²) in [6.07, 6.45) is 4.54. The van der Waals surface area contributed by atoms with Crippen molar-refractivity contribution in [2.45, 2.75) is 38.5 Å². The molecule has 0 aromatic heterocycles. The molecule has 0 spiro atoms. The van der Waals surface area contributed by atoms with Crippen LogP contribution in [0.5, 0.6) is 0 Å². The monoisotopic (exact) mass is 274 g/mol. The van der Waals surface area contributed by atoms with E-state index in [1.54, 1.807) is 6.07 Å². The van der Waals surface area contributed by atoms with E-state index in [1.807, 2.05) is 0 Å². The van der Waals surface area contributed by atoms with Crippen LogP contribution in [0.3, 0.4) is 0 Å². The lowest BCUT2D eigenvalue weighted by molar-refractivity contribution is -0.149. The summed E-state index contributed by atoms with van der Waals surface area (Å²) < 4.78 is 25.0. The van der Waals surface area contributed by atoms with Gasteiger partial charge in [-0.15, -0.1) is 0 Å². The average Bonchev–Trinajstić information content (AvgIpc) is 2.53. The van der Waals surface area contributed by atoms with Crippen molar-refractivity contribution >= 4 is 16.0 Å². The number of hydrogen-bond acceptors (Lipinski definition) is 4. The molecule has 1 rings (SSSR count). The lowest BCUT2D eigenvalue weighted by Crippen LogP contribution is -2.43. The fourth-order valence-corrected chi connectivity index (χ4v) is 3.02. The molecule has 0 saturated heterocycles. The Morgan fingerprint density at radius 1 is 1.28 bits per heavy atom. The number of aliphatic carboxylic acids is 1. The maximum atomic E-state index is 11.4. The molecule has 102 valence electrons. The minimum absolute atomic E-state index is 0.119. The Hall–Kier alpha value is -1.13. The van der Waals surface area contributed by atoms with Crippen LogP contribution in [0.15, 0.2) is 0 Å². The van der Waals surface area contributed by atoms with E-state index in [9.17, 15) is 18.3 Å². The minimum Gasteiger partial charge on any atom is -0.481 e. The van der Waals surface area contributed by atoms with Gasteiger partial charge in [-0.1, -0.05) is 25.7 Å². The number of hydrogen-bond donors (Lipinski definition) is 2. The highest BCUT2D eigenvalue weighted by atomic mass is 32.2. The van der Waals surface area contributed by atoms with E-state index in [4.69, 9.17) is 5.26 Å². The second-order valence-electron chi connectivity index (χ2n) is 4.74. The largest absolute Gasteiger partial charge is 0.481 e. The van der Waals surface area contributed by atoms with E-state index in [2.05, 4.69) is 4.72 Å². The van der Waals surface area contributed by atoms with Crippen LogP contribution in [0.1, 0.15) is 38.5 Å². The summed E-state index contributed by atoms with van der Waals surface area (Å²) in [5.41, 5.74) is -1.01. The Kier molecular flexibility index (Phi) is 5.11. The Morgan fingerprint density at radius 2 is 1.83 bits per heavy atom. The quantitative estimate of drug-likeness (QED) is 0.723. The van der Waals surface area contributed by atoms with Gasteiger partial charge >= 0.3 is 5.97 Å². The first-order valence-corrected chi connectivity index (χ1v) is 7.65. The summed E-state index contributed by atoms with van der Waals surface area (Å²) in [6.45, 7) is -0.119. The van der Waals surface area contributed by atoms with Crippen molar-refractivity contribution in [3.05, 3.63) is 0 Å². The zero-order chi connectivity index (χ0) is 13.6. The molecule has 18 heavy (non-hydrogen) atoms. The number of carboxylic acid groups (broad SMARTS) is 1. The molecule has 0 bridgehead atoms. The Balaban J connectivity index is 2.75. The van der Waals surface area contributed by atoms with Crippen molar-refractivity contribution in [1.29, 1.82) is 5.26 Å². The molecular formula is C11H18N2O4S. The van der Waals surface area contributed by atoms with Crippen LogP contribution in [-0.4, -0.2) is 31.8 Å². The number of carboxylic acids is 1. The van der Waals surface area contributed by atoms with E-state index >= 15 is 0 Å². The SMILES string of the molecule is N#CCS(=O)(=O)NCC1(C(=O)O)CCCCCC1. The average molecular weight is 274 g/mol. The third kappa shape index (κ3) is 3.96. The molecule has 1 fully saturated rings. The third-order valence-electron chi connectivity index (χ3n) is 3.40. The summed E-state index contributed by atoms with van der Waals surface area (Å²) in [5, 5.41) is 17.7. The molecule has 7 heteroatoms. The van der Waals surface area contributed by atoms with Gasteiger partial charge in [0.1, 0.15) is 0 Å². The van der Waals surface area contributed by atoms with Crippen molar-refractivity contribution in [3.63, 3.8) is 0 Å². The van der Waals surface area contributed by atoms with Crippen LogP contribution in [-0.2, 0) is 14.8 Å². The van der Waals surface area contributed by atoms with Gasteiger partial charge in [0, 0.05) is 6.54 Å². The molecule has 0 heterocycles. The van der Waals surface area contributed by atoms with Crippen LogP contribution < -0.4 is 4.72 Å². The molecule has 2 N–H and O–H groups in total. The van der Waals surface area contributed by atoms with Crippen LogP contribution in [0.4, 0.5) is 0 Å². The Morgan fingerprint density at radius 3 is 2.28 bits per heavy atom. The molecule has 0 amide bonds. The molecule has 0 radical (unpaired) electrons. The standard InChI is InChI=1S/C11H18N2O4S/c12-7-8-18(16,17)13-9-11(10(14)15)5-3-1-2-4-6-11/h13H,1-6,8-9H2,(H,14,15). The van der Waals surface area contributed by atoms with Crippen LogP contribution in [0, 0.1) is 16.7 Å². The van der Waals surface area contributed by atoms with Crippen molar-refractivity contribution in [1.82, 2.24) is 4.72 Å². The maximum Gasteiger partial charge on any atom is 0.310 e. The van der Waals surface area contributed by atoms with Crippen LogP contribution >= 0.6 is 0 Å². The van der Waals surface area contributed by atoms with Gasteiger partial charge in [-0.3, -0.25) is 4.79 Å². The van der Waals surface area contributed by atoms with Gasteiger partial charge in [0.25, 0.3) is 0 Å². The molecule has 1 aliphatic carbocycles. The van der Waals surface area contributed by atoms with Gasteiger partial charge in [-0.2, -0.15) is 5.26 Å². The van der Waals surface area contributed by atoms with Crippen molar-refractivity contribution in [2.24, 2.45) is 5.41 Å².